The molecule has 2 atom stereocenters. The van der Waals surface area contributed by atoms with Crippen molar-refractivity contribution in [2.24, 2.45) is 5.41 Å². The summed E-state index contributed by atoms with van der Waals surface area (Å²) in [5.41, 5.74) is 0.873. The first kappa shape index (κ1) is 6.47. The average molecular weight is 151 g/mol. The van der Waals surface area contributed by atoms with Crippen LogP contribution in [-0.2, 0) is 0 Å². The molecular formula is C10H17N. The quantitative estimate of drug-likeness (QED) is 0.512. The molecule has 0 aromatic heterocycles. The topological polar surface area (TPSA) is 3.24 Å². The van der Waals surface area contributed by atoms with E-state index in [1.165, 1.54) is 25.7 Å². The molecule has 1 nitrogen and oxygen atoms in total. The summed E-state index contributed by atoms with van der Waals surface area (Å²) in [6, 6.07) is 1.94. The van der Waals surface area contributed by atoms with E-state index in [1.807, 2.05) is 0 Å². The smallest absolute Gasteiger partial charge is 0.0101 e. The molecule has 3 rings (SSSR count). The molecule has 1 heteroatoms. The maximum atomic E-state index is 2.64. The van der Waals surface area contributed by atoms with E-state index in [-0.39, 0.29) is 0 Å². The van der Waals surface area contributed by atoms with Gasteiger partial charge in [0.1, 0.15) is 0 Å². The van der Waals surface area contributed by atoms with Crippen molar-refractivity contribution in [1.82, 2.24) is 4.90 Å². The molecule has 0 amide bonds. The first-order valence-electron chi connectivity index (χ1n) is 5.01. The minimum atomic E-state index is 0.873. The fourth-order valence-electron chi connectivity index (χ4n) is 3.25. The van der Waals surface area contributed by atoms with Crippen molar-refractivity contribution >= 4 is 0 Å². The van der Waals surface area contributed by atoms with Crippen LogP contribution < -0.4 is 0 Å². The minimum Gasteiger partial charge on any atom is -0.300 e. The summed E-state index contributed by atoms with van der Waals surface area (Å²) in [6.45, 7) is 0. The highest BCUT2D eigenvalue weighted by molar-refractivity contribution is 5.06. The predicted octanol–water partition coefficient (Wildman–Crippen LogP) is 2.02. The summed E-state index contributed by atoms with van der Waals surface area (Å²) < 4.78 is 0. The van der Waals surface area contributed by atoms with Crippen LogP contribution in [0.2, 0.25) is 0 Å². The Bertz CT molecular complexity index is 167. The Balaban J connectivity index is 1.86. The van der Waals surface area contributed by atoms with E-state index in [2.05, 4.69) is 11.9 Å². The van der Waals surface area contributed by atoms with Crippen molar-refractivity contribution in [2.45, 2.75) is 50.6 Å². The van der Waals surface area contributed by atoms with Gasteiger partial charge < -0.3 is 4.90 Å². The van der Waals surface area contributed by atoms with Crippen LogP contribution in [0, 0.1) is 5.41 Å². The van der Waals surface area contributed by atoms with E-state index >= 15 is 0 Å². The zero-order valence-corrected chi connectivity index (χ0v) is 7.34. The molecule has 2 bridgehead atoms. The number of nitrogens with zero attached hydrogens (tertiary/aromatic N) is 1. The Morgan fingerprint density at radius 2 is 1.64 bits per heavy atom. The Morgan fingerprint density at radius 3 is 2.09 bits per heavy atom. The summed E-state index contributed by atoms with van der Waals surface area (Å²) in [5.74, 6) is 0. The number of hydrogen-bond donors (Lipinski definition) is 0. The van der Waals surface area contributed by atoms with E-state index in [0.717, 1.165) is 17.5 Å². The largest absolute Gasteiger partial charge is 0.300 e. The van der Waals surface area contributed by atoms with Crippen LogP contribution in [-0.4, -0.2) is 24.0 Å². The van der Waals surface area contributed by atoms with Gasteiger partial charge in [0.05, 0.1) is 0 Å². The zero-order chi connectivity index (χ0) is 7.47. The summed E-state index contributed by atoms with van der Waals surface area (Å²) in [6.07, 6.45) is 9.13. The molecular weight excluding hydrogens is 134 g/mol. The fourth-order valence-corrected chi connectivity index (χ4v) is 3.25. The molecule has 0 radical (unpaired) electrons. The van der Waals surface area contributed by atoms with Crippen molar-refractivity contribution in [1.29, 1.82) is 0 Å². The second-order valence-electron chi connectivity index (χ2n) is 4.96. The average Bonchev–Trinajstić information content (AvgIpc) is 2.71. The first-order chi connectivity index (χ1) is 5.29. The monoisotopic (exact) mass is 151 g/mol. The molecule has 1 spiro atoms. The Hall–Kier alpha value is -0.0400. The lowest BCUT2D eigenvalue weighted by Crippen LogP contribution is -2.40. The molecule has 1 aliphatic carbocycles. The maximum Gasteiger partial charge on any atom is 0.0101 e. The third-order valence-corrected chi connectivity index (χ3v) is 4.28. The zero-order valence-electron chi connectivity index (χ0n) is 7.34. The molecule has 3 aliphatic rings. The molecule has 0 aromatic carbocycles. The highest BCUT2D eigenvalue weighted by Gasteiger charge is 2.52. The van der Waals surface area contributed by atoms with E-state index in [1.54, 1.807) is 12.8 Å². The van der Waals surface area contributed by atoms with Crippen molar-refractivity contribution < 1.29 is 0 Å². The van der Waals surface area contributed by atoms with E-state index in [9.17, 15) is 0 Å². The molecule has 2 aliphatic heterocycles. The number of hydrogen-bond acceptors (Lipinski definition) is 1. The fraction of sp³-hybridized carbons (Fsp3) is 1.00. The summed E-state index contributed by atoms with van der Waals surface area (Å²) in [7, 11) is 2.33. The Kier molecular flexibility index (Phi) is 1.07. The molecule has 0 N–H and O–H groups in total. The van der Waals surface area contributed by atoms with E-state index in [4.69, 9.17) is 0 Å². The molecule has 0 unspecified atom stereocenters. The van der Waals surface area contributed by atoms with Gasteiger partial charge in [0.2, 0.25) is 0 Å². The van der Waals surface area contributed by atoms with Gasteiger partial charge in [-0.2, -0.15) is 0 Å². The van der Waals surface area contributed by atoms with Gasteiger partial charge >= 0.3 is 0 Å². The molecule has 2 heterocycles. The van der Waals surface area contributed by atoms with Gasteiger partial charge in [-0.1, -0.05) is 0 Å². The lowest BCUT2D eigenvalue weighted by Gasteiger charge is -2.36. The van der Waals surface area contributed by atoms with Crippen LogP contribution in [0.25, 0.3) is 0 Å². The van der Waals surface area contributed by atoms with Gasteiger partial charge in [-0.05, 0) is 51.0 Å². The molecule has 3 fully saturated rings. The van der Waals surface area contributed by atoms with Gasteiger partial charge in [0.25, 0.3) is 0 Å². The predicted molar refractivity (Wildman–Crippen MR) is 45.5 cm³/mol. The minimum absolute atomic E-state index is 0.873. The second kappa shape index (κ2) is 1.82. The third kappa shape index (κ3) is 0.807. The lowest BCUT2D eigenvalue weighted by molar-refractivity contribution is 0.122. The number of rotatable bonds is 0. The van der Waals surface area contributed by atoms with Crippen molar-refractivity contribution in [3.05, 3.63) is 0 Å². The summed E-state index contributed by atoms with van der Waals surface area (Å²) in [5, 5.41) is 0. The molecule has 0 aromatic rings. The summed E-state index contributed by atoms with van der Waals surface area (Å²) >= 11 is 0. The molecule has 62 valence electrons. The van der Waals surface area contributed by atoms with Crippen LogP contribution >= 0.6 is 0 Å². The highest BCUT2D eigenvalue weighted by atomic mass is 15.2. The van der Waals surface area contributed by atoms with Crippen LogP contribution in [0.3, 0.4) is 0 Å². The van der Waals surface area contributed by atoms with Crippen LogP contribution in [0.4, 0.5) is 0 Å². The molecule has 1 saturated carbocycles. The second-order valence-corrected chi connectivity index (χ2v) is 4.96. The third-order valence-electron chi connectivity index (χ3n) is 4.28. The van der Waals surface area contributed by atoms with Crippen LogP contribution in [0.15, 0.2) is 0 Å². The van der Waals surface area contributed by atoms with Crippen molar-refractivity contribution in [2.75, 3.05) is 7.05 Å². The van der Waals surface area contributed by atoms with Crippen LogP contribution in [0.1, 0.15) is 38.5 Å². The summed E-state index contributed by atoms with van der Waals surface area (Å²) in [4.78, 5) is 2.64. The van der Waals surface area contributed by atoms with Crippen molar-refractivity contribution in [3.63, 3.8) is 0 Å². The number of fused-ring (bicyclic) bond motifs is 2. The number of piperidine rings is 1. The lowest BCUT2D eigenvalue weighted by atomic mass is 9.88. The normalized spacial score (nSPS) is 46.6. The van der Waals surface area contributed by atoms with Crippen LogP contribution in [0.5, 0.6) is 0 Å². The highest BCUT2D eigenvalue weighted by Crippen LogP contribution is 2.59. The maximum absolute atomic E-state index is 2.64. The standard InChI is InChI=1S/C10H17N/c1-11-8-2-3-9(11)7-10(6-8)4-5-10/h8-9H,2-7H2,1H3/t8-,9+. The van der Waals surface area contributed by atoms with Crippen molar-refractivity contribution in [3.8, 4) is 0 Å². The Morgan fingerprint density at radius 1 is 1.09 bits per heavy atom. The van der Waals surface area contributed by atoms with E-state index in [0.29, 0.717) is 0 Å². The van der Waals surface area contributed by atoms with Gasteiger partial charge in [-0.15, -0.1) is 0 Å². The van der Waals surface area contributed by atoms with Gasteiger partial charge in [0, 0.05) is 12.1 Å². The van der Waals surface area contributed by atoms with Gasteiger partial charge in [-0.3, -0.25) is 0 Å². The van der Waals surface area contributed by atoms with Gasteiger partial charge in [0.15, 0.2) is 0 Å². The molecule has 11 heavy (non-hydrogen) atoms. The Labute approximate surface area is 68.8 Å². The van der Waals surface area contributed by atoms with E-state index < -0.39 is 0 Å². The van der Waals surface area contributed by atoms with Gasteiger partial charge in [-0.25, -0.2) is 0 Å². The molecule has 2 saturated heterocycles. The SMILES string of the molecule is CN1[C@@H]2CC[C@H]1CC1(CC1)C2. The first-order valence-corrected chi connectivity index (χ1v) is 5.01.